The van der Waals surface area contributed by atoms with Gasteiger partial charge in [0.2, 0.25) is 0 Å². The van der Waals surface area contributed by atoms with Crippen molar-refractivity contribution in [2.45, 2.75) is 52.0 Å². The first-order valence-electron chi connectivity index (χ1n) is 10.3. The lowest BCUT2D eigenvalue weighted by Gasteiger charge is -2.17. The Hall–Kier alpha value is -2.67. The number of ether oxygens (including phenoxy) is 1. The number of carbonyl (C=O) groups is 2. The van der Waals surface area contributed by atoms with Gasteiger partial charge in [0.05, 0.1) is 5.69 Å². The van der Waals surface area contributed by atoms with E-state index in [1.807, 2.05) is 28.8 Å². The number of amides is 2. The number of fused-ring (bicyclic) bond motifs is 1. The van der Waals surface area contributed by atoms with Crippen LogP contribution in [0.2, 0.25) is 0 Å². The van der Waals surface area contributed by atoms with E-state index in [0.29, 0.717) is 31.2 Å². The van der Waals surface area contributed by atoms with Crippen molar-refractivity contribution in [2.75, 3.05) is 25.6 Å². The van der Waals surface area contributed by atoms with E-state index in [9.17, 15) is 9.59 Å². The molecule has 3 rings (SSSR count). The van der Waals surface area contributed by atoms with E-state index in [2.05, 4.69) is 29.5 Å². The Morgan fingerprint density at radius 3 is 2.76 bits per heavy atom. The highest BCUT2D eigenvalue weighted by Gasteiger charge is 2.27. The lowest BCUT2D eigenvalue weighted by molar-refractivity contribution is 0.0932. The molecule has 0 bridgehead atoms. The summed E-state index contributed by atoms with van der Waals surface area (Å²) < 4.78 is 6.91. The second kappa shape index (κ2) is 9.69. The third-order valence-corrected chi connectivity index (χ3v) is 5.18. The van der Waals surface area contributed by atoms with Crippen LogP contribution in [0.5, 0.6) is 0 Å². The van der Waals surface area contributed by atoms with Crippen molar-refractivity contribution in [3.05, 3.63) is 47.0 Å². The van der Waals surface area contributed by atoms with Crippen LogP contribution in [0.1, 0.15) is 71.4 Å². The van der Waals surface area contributed by atoms with Gasteiger partial charge in [-0.05, 0) is 43.2 Å². The van der Waals surface area contributed by atoms with Crippen molar-refractivity contribution in [2.24, 2.45) is 0 Å². The average Bonchev–Trinajstić information content (AvgIpc) is 3.11. The van der Waals surface area contributed by atoms with Crippen LogP contribution in [0.3, 0.4) is 0 Å². The molecule has 0 spiro atoms. The number of nitrogens with zero attached hydrogens (tertiary/aromatic N) is 2. The van der Waals surface area contributed by atoms with Crippen molar-refractivity contribution in [1.29, 1.82) is 0 Å². The third-order valence-electron chi connectivity index (χ3n) is 5.18. The minimum Gasteiger partial charge on any atom is -0.385 e. The Morgan fingerprint density at radius 1 is 1.21 bits per heavy atom. The first-order valence-corrected chi connectivity index (χ1v) is 10.3. The first-order chi connectivity index (χ1) is 14.0. The summed E-state index contributed by atoms with van der Waals surface area (Å²) in [5.74, 6) is 0.100. The number of nitrogens with one attached hydrogen (secondary N) is 2. The van der Waals surface area contributed by atoms with Gasteiger partial charge in [0.15, 0.2) is 11.5 Å². The first kappa shape index (κ1) is 21.0. The van der Waals surface area contributed by atoms with E-state index in [1.54, 1.807) is 7.11 Å². The molecule has 0 atom stereocenters. The molecular formula is C22H30N4O3. The lowest BCUT2D eigenvalue weighted by atomic mass is 10.0. The molecule has 2 aromatic rings. The Balaban J connectivity index is 1.83. The molecule has 2 amide bonds. The van der Waals surface area contributed by atoms with E-state index in [1.165, 1.54) is 0 Å². The SMILES string of the molecule is COCCCNC(=O)c1nc(C(=O)Nc2ccccc2C(C)C)c2n1CCCC2. The molecule has 0 unspecified atom stereocenters. The number of hydrogen-bond acceptors (Lipinski definition) is 4. The van der Waals surface area contributed by atoms with Crippen LogP contribution >= 0.6 is 0 Å². The molecule has 1 aromatic carbocycles. The smallest absolute Gasteiger partial charge is 0.287 e. The minimum absolute atomic E-state index is 0.245. The predicted molar refractivity (Wildman–Crippen MR) is 112 cm³/mol. The van der Waals surface area contributed by atoms with Gasteiger partial charge >= 0.3 is 0 Å². The maximum Gasteiger partial charge on any atom is 0.287 e. The van der Waals surface area contributed by atoms with Gasteiger partial charge in [0.25, 0.3) is 11.8 Å². The summed E-state index contributed by atoms with van der Waals surface area (Å²) in [4.78, 5) is 30.2. The molecule has 2 heterocycles. The van der Waals surface area contributed by atoms with E-state index in [-0.39, 0.29) is 17.7 Å². The highest BCUT2D eigenvalue weighted by Crippen LogP contribution is 2.26. The molecular weight excluding hydrogens is 368 g/mol. The number of imidazole rings is 1. The lowest BCUT2D eigenvalue weighted by Crippen LogP contribution is -2.29. The Bertz CT molecular complexity index is 873. The summed E-state index contributed by atoms with van der Waals surface area (Å²) in [6.07, 6.45) is 3.45. The van der Waals surface area contributed by atoms with Crippen LogP contribution < -0.4 is 10.6 Å². The minimum atomic E-state index is -0.262. The van der Waals surface area contributed by atoms with E-state index in [0.717, 1.165) is 42.6 Å². The summed E-state index contributed by atoms with van der Waals surface area (Å²) in [6.45, 7) is 5.99. The van der Waals surface area contributed by atoms with Crippen LogP contribution in [-0.2, 0) is 17.7 Å². The normalized spacial score (nSPS) is 13.2. The maximum absolute atomic E-state index is 13.1. The van der Waals surface area contributed by atoms with Gasteiger partial charge in [0, 0.05) is 32.5 Å². The zero-order chi connectivity index (χ0) is 20.8. The number of carbonyl (C=O) groups excluding carboxylic acids is 2. The topological polar surface area (TPSA) is 85.2 Å². The van der Waals surface area contributed by atoms with Crippen molar-refractivity contribution >= 4 is 17.5 Å². The molecule has 2 N–H and O–H groups in total. The van der Waals surface area contributed by atoms with Crippen molar-refractivity contribution in [3.63, 3.8) is 0 Å². The quantitative estimate of drug-likeness (QED) is 0.668. The summed E-state index contributed by atoms with van der Waals surface area (Å²) in [5, 5.41) is 5.88. The van der Waals surface area contributed by atoms with Crippen LogP contribution in [-0.4, -0.2) is 41.6 Å². The van der Waals surface area contributed by atoms with Gasteiger partial charge in [-0.3, -0.25) is 9.59 Å². The molecule has 0 radical (unpaired) electrons. The molecule has 0 saturated carbocycles. The molecule has 1 aliphatic heterocycles. The van der Waals surface area contributed by atoms with Gasteiger partial charge in [0.1, 0.15) is 0 Å². The average molecular weight is 399 g/mol. The molecule has 0 saturated heterocycles. The van der Waals surface area contributed by atoms with Gasteiger partial charge in [-0.1, -0.05) is 32.0 Å². The Labute approximate surface area is 171 Å². The second-order valence-corrected chi connectivity index (χ2v) is 7.64. The Morgan fingerprint density at radius 2 is 2.00 bits per heavy atom. The molecule has 0 fully saturated rings. The van der Waals surface area contributed by atoms with Crippen LogP contribution in [0, 0.1) is 0 Å². The second-order valence-electron chi connectivity index (χ2n) is 7.64. The van der Waals surface area contributed by atoms with E-state index < -0.39 is 0 Å². The van der Waals surface area contributed by atoms with Gasteiger partial charge < -0.3 is 19.9 Å². The summed E-state index contributed by atoms with van der Waals surface area (Å²) in [6, 6.07) is 7.79. The standard InChI is InChI=1S/C22H30N4O3/c1-15(2)16-9-4-5-10-17(16)24-21(27)19-18-11-6-7-13-26(18)20(25-19)22(28)23-12-8-14-29-3/h4-5,9-10,15H,6-8,11-14H2,1-3H3,(H,23,28)(H,24,27). The summed E-state index contributed by atoms with van der Waals surface area (Å²) in [5.41, 5.74) is 3.06. The molecule has 29 heavy (non-hydrogen) atoms. The number of methoxy groups -OCH3 is 1. The van der Waals surface area contributed by atoms with Crippen molar-refractivity contribution in [1.82, 2.24) is 14.9 Å². The molecule has 0 aliphatic carbocycles. The maximum atomic E-state index is 13.1. The van der Waals surface area contributed by atoms with E-state index in [4.69, 9.17) is 4.74 Å². The number of anilines is 1. The summed E-state index contributed by atoms with van der Waals surface area (Å²) >= 11 is 0. The fourth-order valence-electron chi connectivity index (χ4n) is 3.69. The number of para-hydroxylation sites is 1. The highest BCUT2D eigenvalue weighted by atomic mass is 16.5. The van der Waals surface area contributed by atoms with Crippen molar-refractivity contribution < 1.29 is 14.3 Å². The van der Waals surface area contributed by atoms with Gasteiger partial charge in [-0.25, -0.2) is 4.98 Å². The molecule has 7 nitrogen and oxygen atoms in total. The summed E-state index contributed by atoms with van der Waals surface area (Å²) in [7, 11) is 1.63. The largest absolute Gasteiger partial charge is 0.385 e. The monoisotopic (exact) mass is 398 g/mol. The fraction of sp³-hybridized carbons (Fsp3) is 0.500. The number of benzene rings is 1. The zero-order valence-corrected chi connectivity index (χ0v) is 17.5. The molecule has 1 aliphatic rings. The molecule has 156 valence electrons. The van der Waals surface area contributed by atoms with E-state index >= 15 is 0 Å². The zero-order valence-electron chi connectivity index (χ0n) is 17.5. The fourth-order valence-corrected chi connectivity index (χ4v) is 3.69. The van der Waals surface area contributed by atoms with Crippen LogP contribution in [0.25, 0.3) is 0 Å². The van der Waals surface area contributed by atoms with Gasteiger partial charge in [-0.15, -0.1) is 0 Å². The van der Waals surface area contributed by atoms with Crippen LogP contribution in [0.15, 0.2) is 24.3 Å². The number of aromatic nitrogens is 2. The van der Waals surface area contributed by atoms with Crippen LogP contribution in [0.4, 0.5) is 5.69 Å². The molecule has 1 aromatic heterocycles. The van der Waals surface area contributed by atoms with Crippen molar-refractivity contribution in [3.8, 4) is 0 Å². The van der Waals surface area contributed by atoms with Gasteiger partial charge in [-0.2, -0.15) is 0 Å². The third kappa shape index (κ3) is 4.85. The highest BCUT2D eigenvalue weighted by molar-refractivity contribution is 6.05. The Kier molecular flexibility index (Phi) is 7.04. The number of rotatable bonds is 8. The predicted octanol–water partition coefficient (Wildman–Crippen LogP) is 3.36. The molecule has 7 heteroatoms. The number of hydrogen-bond donors (Lipinski definition) is 2.